The fourth-order valence-electron chi connectivity index (χ4n) is 2.04. The van der Waals surface area contributed by atoms with Crippen molar-refractivity contribution in [3.63, 3.8) is 0 Å². The monoisotopic (exact) mass is 315 g/mol. The van der Waals surface area contributed by atoms with Crippen molar-refractivity contribution in [1.29, 1.82) is 5.26 Å². The molecular weight excluding hydrogens is 307 g/mol. The second-order valence-corrected chi connectivity index (χ2v) is 4.65. The van der Waals surface area contributed by atoms with E-state index in [0.29, 0.717) is 22.5 Å². The Kier molecular flexibility index (Phi) is 3.54. The lowest BCUT2D eigenvalue weighted by Gasteiger charge is -2.07. The Morgan fingerprint density at radius 3 is 2.26 bits per heavy atom. The molecule has 3 aromatic rings. The first-order valence-electron chi connectivity index (χ1n) is 6.44. The molecule has 3 rings (SSSR count). The lowest BCUT2D eigenvalue weighted by Crippen LogP contribution is -2.05. The van der Waals surface area contributed by atoms with Crippen LogP contribution in [0.2, 0.25) is 0 Å². The first-order valence-corrected chi connectivity index (χ1v) is 6.44. The molecule has 1 N–H and O–H groups in total. The van der Waals surface area contributed by atoms with Crippen LogP contribution in [-0.2, 0) is 6.18 Å². The number of benzene rings is 1. The summed E-state index contributed by atoms with van der Waals surface area (Å²) in [5, 5.41) is 18.8. The van der Waals surface area contributed by atoms with Crippen LogP contribution in [-0.4, -0.2) is 20.4 Å². The molecule has 0 fully saturated rings. The number of nitrogens with zero attached hydrogens (tertiary/aromatic N) is 4. The molecule has 2 heterocycles. The number of pyridine rings is 1. The Balaban J connectivity index is 1.90. The third-order valence-corrected chi connectivity index (χ3v) is 3.21. The van der Waals surface area contributed by atoms with Gasteiger partial charge in [0.15, 0.2) is 5.69 Å². The number of hydrogen-bond donors (Lipinski definition) is 1. The number of rotatable bonds is 2. The molecule has 23 heavy (non-hydrogen) atoms. The third-order valence-electron chi connectivity index (χ3n) is 3.21. The van der Waals surface area contributed by atoms with Crippen molar-refractivity contribution in [3.8, 4) is 28.6 Å². The van der Waals surface area contributed by atoms with Crippen LogP contribution < -0.4 is 0 Å². The smallest absolute Gasteiger partial charge is 0.256 e. The zero-order chi connectivity index (χ0) is 16.4. The SMILES string of the molecule is N#Cc1[nH]nnc1-c1ccc(-c2ccc(C(F)(F)F)cn2)cc1. The third kappa shape index (κ3) is 2.89. The minimum absolute atomic E-state index is 0.241. The van der Waals surface area contributed by atoms with Gasteiger partial charge in [-0.3, -0.25) is 4.98 Å². The maximum Gasteiger partial charge on any atom is 0.417 e. The number of nitrogens with one attached hydrogen (secondary N) is 1. The van der Waals surface area contributed by atoms with Crippen molar-refractivity contribution in [2.45, 2.75) is 6.18 Å². The molecule has 0 atom stereocenters. The van der Waals surface area contributed by atoms with E-state index in [1.807, 2.05) is 6.07 Å². The molecule has 0 aliphatic carbocycles. The van der Waals surface area contributed by atoms with Gasteiger partial charge in [0.05, 0.1) is 11.3 Å². The summed E-state index contributed by atoms with van der Waals surface area (Å²) in [5.41, 5.74) is 1.62. The first kappa shape index (κ1) is 14.7. The molecule has 0 amide bonds. The molecule has 0 unspecified atom stereocenters. The van der Waals surface area contributed by atoms with Crippen LogP contribution in [0.4, 0.5) is 13.2 Å². The van der Waals surface area contributed by atoms with Crippen LogP contribution in [0.15, 0.2) is 42.6 Å². The Bertz CT molecular complexity index is 858. The van der Waals surface area contributed by atoms with Crippen LogP contribution in [0.25, 0.3) is 22.5 Å². The van der Waals surface area contributed by atoms with Gasteiger partial charge < -0.3 is 0 Å². The molecular formula is C15H8F3N5. The summed E-state index contributed by atoms with van der Waals surface area (Å²) < 4.78 is 37.6. The quantitative estimate of drug-likeness (QED) is 0.786. The summed E-state index contributed by atoms with van der Waals surface area (Å²) in [6, 6.07) is 11.0. The Morgan fingerprint density at radius 2 is 1.70 bits per heavy atom. The van der Waals surface area contributed by atoms with Gasteiger partial charge in [-0.15, -0.1) is 5.10 Å². The maximum atomic E-state index is 12.5. The fraction of sp³-hybridized carbons (Fsp3) is 0.0667. The van der Waals surface area contributed by atoms with E-state index in [-0.39, 0.29) is 5.69 Å². The standard InChI is InChI=1S/C15H8F3N5/c16-15(17,18)11-5-6-12(20-8-11)9-1-3-10(4-2-9)14-13(7-19)21-23-22-14/h1-6,8H,(H,21,22,23). The lowest BCUT2D eigenvalue weighted by atomic mass is 10.1. The molecule has 8 heteroatoms. The zero-order valence-corrected chi connectivity index (χ0v) is 11.5. The largest absolute Gasteiger partial charge is 0.417 e. The molecule has 0 saturated carbocycles. The van der Waals surface area contributed by atoms with Gasteiger partial charge in [0.25, 0.3) is 0 Å². The van der Waals surface area contributed by atoms with Crippen LogP contribution in [0.1, 0.15) is 11.3 Å². The number of halogens is 3. The van der Waals surface area contributed by atoms with Crippen LogP contribution in [0.5, 0.6) is 0 Å². The number of hydrogen-bond acceptors (Lipinski definition) is 4. The molecule has 5 nitrogen and oxygen atoms in total. The molecule has 2 aromatic heterocycles. The van der Waals surface area contributed by atoms with Crippen LogP contribution in [0, 0.1) is 11.3 Å². The van der Waals surface area contributed by atoms with E-state index in [1.54, 1.807) is 24.3 Å². The Morgan fingerprint density at radius 1 is 1.00 bits per heavy atom. The summed E-state index contributed by atoms with van der Waals surface area (Å²) in [6.45, 7) is 0. The highest BCUT2D eigenvalue weighted by atomic mass is 19.4. The van der Waals surface area contributed by atoms with E-state index in [0.717, 1.165) is 12.3 Å². The van der Waals surface area contributed by atoms with E-state index in [4.69, 9.17) is 5.26 Å². The molecule has 0 bridgehead atoms. The number of aromatic amines is 1. The van der Waals surface area contributed by atoms with Crippen LogP contribution in [0.3, 0.4) is 0 Å². The van der Waals surface area contributed by atoms with E-state index < -0.39 is 11.7 Å². The van der Waals surface area contributed by atoms with Crippen molar-refractivity contribution in [3.05, 3.63) is 53.9 Å². The average Bonchev–Trinajstić information content (AvgIpc) is 3.03. The summed E-state index contributed by atoms with van der Waals surface area (Å²) >= 11 is 0. The van der Waals surface area contributed by atoms with Crippen molar-refractivity contribution in [2.24, 2.45) is 0 Å². The summed E-state index contributed by atoms with van der Waals surface area (Å²) in [6.07, 6.45) is -3.61. The highest BCUT2D eigenvalue weighted by Crippen LogP contribution is 2.30. The number of H-pyrrole nitrogens is 1. The van der Waals surface area contributed by atoms with Crippen LogP contribution >= 0.6 is 0 Å². The van der Waals surface area contributed by atoms with Gasteiger partial charge in [-0.05, 0) is 12.1 Å². The van der Waals surface area contributed by atoms with Gasteiger partial charge in [0.2, 0.25) is 0 Å². The molecule has 114 valence electrons. The minimum Gasteiger partial charge on any atom is -0.256 e. The molecule has 1 aromatic carbocycles. The lowest BCUT2D eigenvalue weighted by molar-refractivity contribution is -0.137. The van der Waals surface area contributed by atoms with Crippen molar-refractivity contribution in [1.82, 2.24) is 20.4 Å². The van der Waals surface area contributed by atoms with E-state index >= 15 is 0 Å². The van der Waals surface area contributed by atoms with E-state index in [1.165, 1.54) is 6.07 Å². The van der Waals surface area contributed by atoms with Gasteiger partial charge >= 0.3 is 6.18 Å². The van der Waals surface area contributed by atoms with E-state index in [2.05, 4.69) is 20.4 Å². The normalized spacial score (nSPS) is 11.2. The molecule has 0 saturated heterocycles. The molecule has 0 aliphatic heterocycles. The predicted molar refractivity (Wildman–Crippen MR) is 74.8 cm³/mol. The summed E-state index contributed by atoms with van der Waals surface area (Å²) in [4.78, 5) is 3.84. The Labute approximate surface area is 128 Å². The van der Waals surface area contributed by atoms with E-state index in [9.17, 15) is 13.2 Å². The summed E-state index contributed by atoms with van der Waals surface area (Å²) in [7, 11) is 0. The highest BCUT2D eigenvalue weighted by Gasteiger charge is 2.30. The number of nitriles is 1. The minimum atomic E-state index is -4.41. The van der Waals surface area contributed by atoms with Crippen molar-refractivity contribution >= 4 is 0 Å². The fourth-order valence-corrected chi connectivity index (χ4v) is 2.04. The Hall–Kier alpha value is -3.21. The van der Waals surface area contributed by atoms with Gasteiger partial charge in [-0.25, -0.2) is 5.10 Å². The zero-order valence-electron chi connectivity index (χ0n) is 11.5. The molecule has 0 aliphatic rings. The summed E-state index contributed by atoms with van der Waals surface area (Å²) in [5.74, 6) is 0. The van der Waals surface area contributed by atoms with Gasteiger partial charge in [0, 0.05) is 17.3 Å². The first-order chi connectivity index (χ1) is 11.0. The highest BCUT2D eigenvalue weighted by molar-refractivity contribution is 5.69. The number of aromatic nitrogens is 4. The molecule has 0 radical (unpaired) electrons. The second-order valence-electron chi connectivity index (χ2n) is 4.65. The van der Waals surface area contributed by atoms with Crippen molar-refractivity contribution < 1.29 is 13.2 Å². The molecule has 0 spiro atoms. The predicted octanol–water partition coefficient (Wildman–Crippen LogP) is 3.42. The van der Waals surface area contributed by atoms with Gasteiger partial charge in [0.1, 0.15) is 11.8 Å². The van der Waals surface area contributed by atoms with Gasteiger partial charge in [-0.2, -0.15) is 18.4 Å². The topological polar surface area (TPSA) is 78.2 Å². The van der Waals surface area contributed by atoms with Crippen molar-refractivity contribution in [2.75, 3.05) is 0 Å². The van der Waals surface area contributed by atoms with Gasteiger partial charge in [-0.1, -0.05) is 29.5 Å². The average molecular weight is 315 g/mol. The number of alkyl halides is 3. The maximum absolute atomic E-state index is 12.5. The second kappa shape index (κ2) is 5.53.